The fraction of sp³-hybridized carbons (Fsp3) is 0.273. The first-order chi connectivity index (χ1) is 8.56. The van der Waals surface area contributed by atoms with E-state index in [1.54, 1.807) is 22.7 Å². The Morgan fingerprint density at radius 2 is 2.22 bits per heavy atom. The van der Waals surface area contributed by atoms with Crippen molar-refractivity contribution in [3.63, 3.8) is 0 Å². The topological polar surface area (TPSA) is 50.2 Å². The summed E-state index contributed by atoms with van der Waals surface area (Å²) in [7, 11) is 0. The molecular formula is C11H7Br2NO2S2. The number of aliphatic carboxylic acids is 1. The van der Waals surface area contributed by atoms with E-state index in [4.69, 9.17) is 5.11 Å². The second kappa shape index (κ2) is 4.70. The van der Waals surface area contributed by atoms with Crippen LogP contribution in [0.4, 0.5) is 0 Å². The molecule has 0 saturated carbocycles. The molecule has 3 nitrogen and oxygen atoms in total. The summed E-state index contributed by atoms with van der Waals surface area (Å²) in [5.41, 5.74) is 0.767. The van der Waals surface area contributed by atoms with Gasteiger partial charge in [-0.05, 0) is 50.8 Å². The molecule has 0 bridgehead atoms. The summed E-state index contributed by atoms with van der Waals surface area (Å²) in [6, 6.07) is 2.01. The molecule has 0 amide bonds. The summed E-state index contributed by atoms with van der Waals surface area (Å²) >= 11 is 10.1. The second-order valence-electron chi connectivity index (χ2n) is 3.99. The Labute approximate surface area is 128 Å². The Balaban J connectivity index is 2.02. The number of rotatable bonds is 2. The minimum absolute atomic E-state index is 0.420. The molecule has 0 radical (unpaired) electrons. The van der Waals surface area contributed by atoms with Gasteiger partial charge in [-0.25, -0.2) is 4.98 Å². The third kappa shape index (κ3) is 2.07. The number of carboxylic acids is 1. The van der Waals surface area contributed by atoms with Gasteiger partial charge < -0.3 is 5.11 Å². The zero-order chi connectivity index (χ0) is 12.9. The Bertz CT molecular complexity index is 616. The van der Waals surface area contributed by atoms with Crippen LogP contribution in [-0.2, 0) is 11.2 Å². The van der Waals surface area contributed by atoms with Crippen LogP contribution in [0.2, 0.25) is 0 Å². The second-order valence-corrected chi connectivity index (χ2v) is 8.30. The molecule has 1 aliphatic carbocycles. The number of hydrogen-bond acceptors (Lipinski definition) is 4. The lowest BCUT2D eigenvalue weighted by Crippen LogP contribution is -2.08. The molecule has 1 unspecified atom stereocenters. The van der Waals surface area contributed by atoms with E-state index in [-0.39, 0.29) is 0 Å². The van der Waals surface area contributed by atoms with Crippen molar-refractivity contribution in [2.75, 3.05) is 0 Å². The van der Waals surface area contributed by atoms with Crippen molar-refractivity contribution >= 4 is 60.5 Å². The molecule has 2 heterocycles. The van der Waals surface area contributed by atoms with Gasteiger partial charge in [0.1, 0.15) is 10.9 Å². The maximum atomic E-state index is 11.1. The highest BCUT2D eigenvalue weighted by atomic mass is 79.9. The molecule has 0 aliphatic heterocycles. The lowest BCUT2D eigenvalue weighted by molar-refractivity contribution is -0.138. The minimum Gasteiger partial charge on any atom is -0.481 e. The van der Waals surface area contributed by atoms with Gasteiger partial charge in [0.15, 0.2) is 0 Å². The van der Waals surface area contributed by atoms with Crippen molar-refractivity contribution < 1.29 is 9.90 Å². The Morgan fingerprint density at radius 1 is 1.44 bits per heavy atom. The Kier molecular flexibility index (Phi) is 3.34. The van der Waals surface area contributed by atoms with Crippen LogP contribution >= 0.6 is 54.5 Å². The highest BCUT2D eigenvalue weighted by Gasteiger charge is 2.32. The van der Waals surface area contributed by atoms with E-state index < -0.39 is 11.9 Å². The number of thiophene rings is 1. The van der Waals surface area contributed by atoms with Gasteiger partial charge >= 0.3 is 5.97 Å². The standard InChI is InChI=1S/C11H7Br2NO2S2/c12-5-3-7(17-9(5)13)10-14-8-4(11(15)16)1-2-6(8)18-10/h3-4H,1-2H2,(H,15,16). The predicted molar refractivity (Wildman–Crippen MR) is 79.5 cm³/mol. The van der Waals surface area contributed by atoms with Crippen molar-refractivity contribution in [1.82, 2.24) is 4.98 Å². The first-order valence-corrected chi connectivity index (χ1v) is 8.45. The summed E-state index contributed by atoms with van der Waals surface area (Å²) in [5.74, 6) is -1.18. The molecular weight excluding hydrogens is 402 g/mol. The van der Waals surface area contributed by atoms with Gasteiger partial charge in [0, 0.05) is 9.35 Å². The van der Waals surface area contributed by atoms with Gasteiger partial charge in [0.2, 0.25) is 0 Å². The number of aryl methyl sites for hydroxylation is 1. The van der Waals surface area contributed by atoms with E-state index >= 15 is 0 Å². The number of thiazole rings is 1. The van der Waals surface area contributed by atoms with Crippen LogP contribution in [0.3, 0.4) is 0 Å². The maximum absolute atomic E-state index is 11.1. The molecule has 0 aromatic carbocycles. The SMILES string of the molecule is O=C(O)C1CCc2sc(-c3cc(Br)c(Br)s3)nc21. The lowest BCUT2D eigenvalue weighted by Gasteiger charge is -2.00. The van der Waals surface area contributed by atoms with E-state index in [0.29, 0.717) is 6.42 Å². The van der Waals surface area contributed by atoms with Gasteiger partial charge in [-0.2, -0.15) is 0 Å². The van der Waals surface area contributed by atoms with Crippen LogP contribution in [0.1, 0.15) is 22.9 Å². The molecule has 1 atom stereocenters. The van der Waals surface area contributed by atoms with Crippen LogP contribution in [0.5, 0.6) is 0 Å². The van der Waals surface area contributed by atoms with Crippen molar-refractivity contribution in [3.8, 4) is 9.88 Å². The van der Waals surface area contributed by atoms with Gasteiger partial charge in [0.25, 0.3) is 0 Å². The molecule has 7 heteroatoms. The molecule has 1 aliphatic rings. The highest BCUT2D eigenvalue weighted by molar-refractivity contribution is 9.13. The summed E-state index contributed by atoms with van der Waals surface area (Å²) in [4.78, 5) is 17.8. The zero-order valence-electron chi connectivity index (χ0n) is 8.94. The van der Waals surface area contributed by atoms with E-state index in [1.807, 2.05) is 6.07 Å². The fourth-order valence-corrected chi connectivity index (χ4v) is 5.24. The lowest BCUT2D eigenvalue weighted by atomic mass is 10.1. The van der Waals surface area contributed by atoms with E-state index in [1.165, 1.54) is 0 Å². The van der Waals surface area contributed by atoms with E-state index in [0.717, 1.165) is 35.1 Å². The van der Waals surface area contributed by atoms with Crippen molar-refractivity contribution in [2.45, 2.75) is 18.8 Å². The smallest absolute Gasteiger partial charge is 0.312 e. The number of carbonyl (C=O) groups is 1. The average Bonchev–Trinajstić information content (AvgIpc) is 2.92. The maximum Gasteiger partial charge on any atom is 0.312 e. The minimum atomic E-state index is -0.765. The number of hydrogen-bond donors (Lipinski definition) is 1. The monoisotopic (exact) mass is 407 g/mol. The number of nitrogens with zero attached hydrogens (tertiary/aromatic N) is 1. The molecule has 1 N–H and O–H groups in total. The van der Waals surface area contributed by atoms with Gasteiger partial charge in [0.05, 0.1) is 14.4 Å². The Hall–Kier alpha value is -0.240. The normalized spacial score (nSPS) is 18.0. The van der Waals surface area contributed by atoms with E-state index in [2.05, 4.69) is 36.8 Å². The van der Waals surface area contributed by atoms with Gasteiger partial charge in [-0.1, -0.05) is 0 Å². The molecule has 3 rings (SSSR count). The summed E-state index contributed by atoms with van der Waals surface area (Å²) < 4.78 is 2.04. The van der Waals surface area contributed by atoms with Crippen molar-refractivity contribution in [2.24, 2.45) is 0 Å². The summed E-state index contributed by atoms with van der Waals surface area (Å²) in [5, 5.41) is 10.1. The number of halogens is 2. The summed E-state index contributed by atoms with van der Waals surface area (Å²) in [6.45, 7) is 0. The molecule has 0 saturated heterocycles. The largest absolute Gasteiger partial charge is 0.481 e. The van der Waals surface area contributed by atoms with Gasteiger partial charge in [-0.15, -0.1) is 22.7 Å². The van der Waals surface area contributed by atoms with Crippen LogP contribution in [0.15, 0.2) is 14.3 Å². The van der Waals surface area contributed by atoms with Crippen LogP contribution in [0.25, 0.3) is 9.88 Å². The zero-order valence-corrected chi connectivity index (χ0v) is 13.7. The molecule has 18 heavy (non-hydrogen) atoms. The molecule has 0 spiro atoms. The first kappa shape index (κ1) is 12.8. The van der Waals surface area contributed by atoms with Crippen LogP contribution in [0, 0.1) is 0 Å². The highest BCUT2D eigenvalue weighted by Crippen LogP contribution is 2.44. The van der Waals surface area contributed by atoms with Crippen molar-refractivity contribution in [1.29, 1.82) is 0 Å². The number of fused-ring (bicyclic) bond motifs is 1. The number of carboxylic acid groups (broad SMARTS) is 1. The third-order valence-electron chi connectivity index (χ3n) is 2.87. The fourth-order valence-electron chi connectivity index (χ4n) is 2.02. The molecule has 94 valence electrons. The third-order valence-corrected chi connectivity index (χ3v) is 7.43. The van der Waals surface area contributed by atoms with Gasteiger partial charge in [-0.3, -0.25) is 4.79 Å². The Morgan fingerprint density at radius 3 is 2.83 bits per heavy atom. The molecule has 2 aromatic heterocycles. The number of aromatic nitrogens is 1. The summed E-state index contributed by atoms with van der Waals surface area (Å²) in [6.07, 6.45) is 1.51. The first-order valence-electron chi connectivity index (χ1n) is 5.24. The molecule has 0 fully saturated rings. The van der Waals surface area contributed by atoms with E-state index in [9.17, 15) is 4.79 Å². The predicted octanol–water partition coefficient (Wildman–Crippen LogP) is 4.51. The van der Waals surface area contributed by atoms with Crippen LogP contribution < -0.4 is 0 Å². The van der Waals surface area contributed by atoms with Crippen molar-refractivity contribution in [3.05, 3.63) is 24.9 Å². The molecule has 2 aromatic rings. The quantitative estimate of drug-likeness (QED) is 0.795. The average molecular weight is 409 g/mol. The van der Waals surface area contributed by atoms with Crippen LogP contribution in [-0.4, -0.2) is 16.1 Å².